The van der Waals surface area contributed by atoms with Crippen LogP contribution in [-0.2, 0) is 6.54 Å². The summed E-state index contributed by atoms with van der Waals surface area (Å²) < 4.78 is 16.8. The van der Waals surface area contributed by atoms with Crippen LogP contribution in [0.25, 0.3) is 6.08 Å². The number of rotatable bonds is 5. The van der Waals surface area contributed by atoms with Gasteiger partial charge in [0.2, 0.25) is 5.78 Å². The second-order valence-corrected chi connectivity index (χ2v) is 8.72. The lowest BCUT2D eigenvalue weighted by Gasteiger charge is -2.33. The number of hydrogen-bond donors (Lipinski definition) is 1. The van der Waals surface area contributed by atoms with Crippen LogP contribution in [0.3, 0.4) is 0 Å². The van der Waals surface area contributed by atoms with Crippen LogP contribution in [0.1, 0.15) is 41.8 Å². The number of para-hydroxylation sites is 1. The van der Waals surface area contributed by atoms with E-state index < -0.39 is 0 Å². The number of quaternary nitrogens is 1. The van der Waals surface area contributed by atoms with Crippen LogP contribution in [0.15, 0.2) is 36.1 Å². The third-order valence-corrected chi connectivity index (χ3v) is 6.12. The molecule has 2 atom stereocenters. The van der Waals surface area contributed by atoms with Gasteiger partial charge in [0.25, 0.3) is 0 Å². The lowest BCUT2D eigenvalue weighted by atomic mass is 9.91. The largest absolute Gasteiger partial charge is 0.872 e. The molecule has 4 rings (SSSR count). The molecule has 31 heavy (non-hydrogen) atoms. The molecule has 2 aromatic carbocycles. The average Bonchev–Trinajstić information content (AvgIpc) is 3.05. The first-order valence-electron chi connectivity index (χ1n) is 10.7. The summed E-state index contributed by atoms with van der Waals surface area (Å²) in [7, 11) is 3.12. The zero-order valence-corrected chi connectivity index (χ0v) is 18.5. The molecule has 1 saturated heterocycles. The monoisotopic (exact) mass is 423 g/mol. The Morgan fingerprint density at radius 2 is 1.87 bits per heavy atom. The second kappa shape index (κ2) is 8.63. The van der Waals surface area contributed by atoms with Gasteiger partial charge in [-0.15, -0.1) is 0 Å². The molecule has 6 nitrogen and oxygen atoms in total. The fourth-order valence-corrected chi connectivity index (χ4v) is 4.94. The van der Waals surface area contributed by atoms with Crippen molar-refractivity contribution in [1.82, 2.24) is 0 Å². The molecule has 2 aliphatic rings. The van der Waals surface area contributed by atoms with Gasteiger partial charge in [-0.2, -0.15) is 0 Å². The van der Waals surface area contributed by atoms with E-state index in [0.29, 0.717) is 52.3 Å². The number of piperidine rings is 1. The molecule has 2 unspecified atom stereocenters. The minimum Gasteiger partial charge on any atom is -0.872 e. The lowest BCUT2D eigenvalue weighted by molar-refractivity contribution is -0.925. The molecule has 6 heteroatoms. The SMILES string of the molecule is COc1cccc(/C=C2\Oc3c(ccc([O-])c3C[NH+]3CC(C)CC(C)C3)C2=O)c1OC. The van der Waals surface area contributed by atoms with E-state index in [4.69, 9.17) is 14.2 Å². The smallest absolute Gasteiger partial charge is 0.231 e. The van der Waals surface area contributed by atoms with E-state index in [1.54, 1.807) is 32.4 Å². The summed E-state index contributed by atoms with van der Waals surface area (Å²) in [5.74, 6) is 2.61. The first kappa shape index (κ1) is 21.2. The van der Waals surface area contributed by atoms with E-state index in [1.807, 2.05) is 12.1 Å². The first-order chi connectivity index (χ1) is 14.9. The third kappa shape index (κ3) is 4.12. The summed E-state index contributed by atoms with van der Waals surface area (Å²) in [6.07, 6.45) is 2.86. The molecule has 164 valence electrons. The Morgan fingerprint density at radius 3 is 2.55 bits per heavy atom. The summed E-state index contributed by atoms with van der Waals surface area (Å²) in [6.45, 7) is 7.12. The highest BCUT2D eigenvalue weighted by Crippen LogP contribution is 2.40. The van der Waals surface area contributed by atoms with Gasteiger partial charge in [-0.05, 0) is 24.6 Å². The van der Waals surface area contributed by atoms with Crippen LogP contribution in [0, 0.1) is 11.8 Å². The highest BCUT2D eigenvalue weighted by molar-refractivity contribution is 6.15. The summed E-state index contributed by atoms with van der Waals surface area (Å²) in [6, 6.07) is 8.50. The van der Waals surface area contributed by atoms with Gasteiger partial charge in [0.1, 0.15) is 12.3 Å². The third-order valence-electron chi connectivity index (χ3n) is 6.12. The molecular weight excluding hydrogens is 394 g/mol. The van der Waals surface area contributed by atoms with E-state index in [-0.39, 0.29) is 17.3 Å². The van der Waals surface area contributed by atoms with Gasteiger partial charge < -0.3 is 24.2 Å². The van der Waals surface area contributed by atoms with Crippen LogP contribution in [0.5, 0.6) is 23.0 Å². The van der Waals surface area contributed by atoms with Gasteiger partial charge in [-0.25, -0.2) is 0 Å². The zero-order chi connectivity index (χ0) is 22.1. The van der Waals surface area contributed by atoms with E-state index in [0.717, 1.165) is 13.1 Å². The molecule has 1 N–H and O–H groups in total. The normalized spacial score (nSPS) is 24.1. The Balaban J connectivity index is 1.67. The standard InChI is InChI=1S/C25H29NO5/c1-15-10-16(2)13-26(12-15)14-19-20(27)9-8-18-23(28)22(31-25(18)19)11-17-6-5-7-21(29-3)24(17)30-4/h5-9,11,15-16,27H,10,12-14H2,1-4H3/b22-11-. The van der Waals surface area contributed by atoms with Gasteiger partial charge in [0, 0.05) is 23.0 Å². The Kier molecular flexibility index (Phi) is 5.92. The van der Waals surface area contributed by atoms with Crippen LogP contribution < -0.4 is 24.2 Å². The van der Waals surface area contributed by atoms with Crippen molar-refractivity contribution in [1.29, 1.82) is 0 Å². The van der Waals surface area contributed by atoms with Crippen molar-refractivity contribution in [2.24, 2.45) is 11.8 Å². The van der Waals surface area contributed by atoms with Gasteiger partial charge in [-0.3, -0.25) is 4.79 Å². The van der Waals surface area contributed by atoms with Crippen molar-refractivity contribution in [3.8, 4) is 23.0 Å². The Labute approximate surface area is 183 Å². The molecule has 1 fully saturated rings. The number of allylic oxidation sites excluding steroid dienone is 1. The van der Waals surface area contributed by atoms with Crippen LogP contribution in [-0.4, -0.2) is 33.1 Å². The highest BCUT2D eigenvalue weighted by atomic mass is 16.5. The van der Waals surface area contributed by atoms with Crippen molar-refractivity contribution >= 4 is 11.9 Å². The van der Waals surface area contributed by atoms with Crippen LogP contribution >= 0.6 is 0 Å². The maximum absolute atomic E-state index is 13.0. The maximum Gasteiger partial charge on any atom is 0.231 e. The summed E-state index contributed by atoms with van der Waals surface area (Å²) in [5, 5.41) is 12.7. The molecule has 0 amide bonds. The zero-order valence-electron chi connectivity index (χ0n) is 18.5. The molecule has 0 saturated carbocycles. The molecule has 2 heterocycles. The number of carbonyl (C=O) groups excluding carboxylic acids is 1. The van der Waals surface area contributed by atoms with Crippen molar-refractivity contribution in [2.45, 2.75) is 26.8 Å². The summed E-state index contributed by atoms with van der Waals surface area (Å²) in [4.78, 5) is 14.4. The van der Waals surface area contributed by atoms with Gasteiger partial charge in [0.15, 0.2) is 17.3 Å². The maximum atomic E-state index is 13.0. The van der Waals surface area contributed by atoms with E-state index in [1.165, 1.54) is 17.4 Å². The quantitative estimate of drug-likeness (QED) is 0.748. The number of likely N-dealkylation sites (tertiary alicyclic amines) is 1. The molecule has 2 aliphatic heterocycles. The molecule has 0 radical (unpaired) electrons. The molecule has 0 bridgehead atoms. The van der Waals surface area contributed by atoms with Crippen LogP contribution in [0.2, 0.25) is 0 Å². The van der Waals surface area contributed by atoms with Crippen LogP contribution in [0.4, 0.5) is 0 Å². The number of methoxy groups -OCH3 is 2. The Hall–Kier alpha value is -2.99. The fraction of sp³-hybridized carbons (Fsp3) is 0.400. The first-order valence-corrected chi connectivity index (χ1v) is 10.7. The van der Waals surface area contributed by atoms with Crippen molar-refractivity contribution in [3.05, 3.63) is 52.8 Å². The number of benzene rings is 2. The summed E-state index contributed by atoms with van der Waals surface area (Å²) in [5.41, 5.74) is 1.70. The Morgan fingerprint density at radius 1 is 1.13 bits per heavy atom. The average molecular weight is 424 g/mol. The minimum atomic E-state index is -0.225. The molecule has 0 aliphatic carbocycles. The van der Waals surface area contributed by atoms with Gasteiger partial charge in [0.05, 0.1) is 32.9 Å². The van der Waals surface area contributed by atoms with Crippen molar-refractivity contribution in [2.75, 3.05) is 27.3 Å². The predicted octanol–water partition coefficient (Wildman–Crippen LogP) is 2.45. The minimum absolute atomic E-state index is 0.0786. The number of ether oxygens (including phenoxy) is 3. The van der Waals surface area contributed by atoms with Gasteiger partial charge in [-0.1, -0.05) is 37.8 Å². The fourth-order valence-electron chi connectivity index (χ4n) is 4.94. The van der Waals surface area contributed by atoms with E-state index in [2.05, 4.69) is 13.8 Å². The number of ketones is 1. The number of nitrogens with one attached hydrogen (secondary N) is 1. The molecule has 2 aromatic rings. The van der Waals surface area contributed by atoms with Crippen molar-refractivity contribution in [3.63, 3.8) is 0 Å². The number of fused-ring (bicyclic) bond motifs is 1. The predicted molar refractivity (Wildman–Crippen MR) is 116 cm³/mol. The molecule has 0 spiro atoms. The molecule has 0 aromatic heterocycles. The number of Topliss-reactive ketones (excluding diaryl/α,β-unsaturated/α-hetero) is 1. The Bertz CT molecular complexity index is 1020. The number of hydrogen-bond acceptors (Lipinski definition) is 5. The van der Waals surface area contributed by atoms with Crippen molar-refractivity contribution < 1.29 is 29.0 Å². The second-order valence-electron chi connectivity index (χ2n) is 8.72. The lowest BCUT2D eigenvalue weighted by Crippen LogP contribution is -3.13. The van der Waals surface area contributed by atoms with Gasteiger partial charge >= 0.3 is 0 Å². The van der Waals surface area contributed by atoms with E-state index in [9.17, 15) is 9.90 Å². The number of carbonyl (C=O) groups is 1. The van der Waals surface area contributed by atoms with E-state index >= 15 is 0 Å². The summed E-state index contributed by atoms with van der Waals surface area (Å²) >= 11 is 0. The highest BCUT2D eigenvalue weighted by Gasteiger charge is 2.33. The molecular formula is C25H29NO5. The topological polar surface area (TPSA) is 72.3 Å².